The predicted octanol–water partition coefficient (Wildman–Crippen LogP) is 4.26. The van der Waals surface area contributed by atoms with Crippen molar-refractivity contribution in [1.29, 1.82) is 0 Å². The van der Waals surface area contributed by atoms with Crippen LogP contribution in [0, 0.1) is 6.92 Å². The molecule has 7 heteroatoms. The van der Waals surface area contributed by atoms with Crippen LogP contribution in [0.2, 0.25) is 5.02 Å². The first kappa shape index (κ1) is 20.1. The summed E-state index contributed by atoms with van der Waals surface area (Å²) in [6.07, 6.45) is -0.754. The van der Waals surface area contributed by atoms with Crippen LogP contribution in [0.5, 0.6) is 0 Å². The van der Waals surface area contributed by atoms with Crippen LogP contribution in [-0.4, -0.2) is 29.0 Å². The molecule has 1 amide bonds. The fourth-order valence-corrected chi connectivity index (χ4v) is 3.57. The highest BCUT2D eigenvalue weighted by Gasteiger charge is 2.20. The maximum Gasteiger partial charge on any atom is 0.408 e. The molecule has 2 aromatic rings. The van der Waals surface area contributed by atoms with E-state index < -0.39 is 18.1 Å². The van der Waals surface area contributed by atoms with Crippen molar-refractivity contribution in [2.45, 2.75) is 25.3 Å². The van der Waals surface area contributed by atoms with Crippen molar-refractivity contribution in [3.05, 3.63) is 70.2 Å². The summed E-state index contributed by atoms with van der Waals surface area (Å²) < 4.78 is 5.06. The highest BCUT2D eigenvalue weighted by Crippen LogP contribution is 2.22. The van der Waals surface area contributed by atoms with E-state index in [1.54, 1.807) is 0 Å². The maximum atomic E-state index is 11.8. The number of hydrogen-bond donors (Lipinski definition) is 2. The van der Waals surface area contributed by atoms with Crippen LogP contribution < -0.4 is 5.32 Å². The van der Waals surface area contributed by atoms with Gasteiger partial charge in [-0.2, -0.15) is 11.8 Å². The summed E-state index contributed by atoms with van der Waals surface area (Å²) in [5.74, 6) is -0.340. The highest BCUT2D eigenvalue weighted by atomic mass is 35.5. The van der Waals surface area contributed by atoms with Gasteiger partial charge in [-0.3, -0.25) is 0 Å². The summed E-state index contributed by atoms with van der Waals surface area (Å²) in [6.45, 7) is 2.04. The lowest BCUT2D eigenvalue weighted by Crippen LogP contribution is -2.42. The first-order chi connectivity index (χ1) is 12.5. The third kappa shape index (κ3) is 6.61. The summed E-state index contributed by atoms with van der Waals surface area (Å²) >= 11 is 7.56. The lowest BCUT2D eigenvalue weighted by Gasteiger charge is -2.14. The number of carbonyl (C=O) groups is 2. The summed E-state index contributed by atoms with van der Waals surface area (Å²) in [5, 5.41) is 12.3. The number of hydrogen-bond acceptors (Lipinski definition) is 4. The van der Waals surface area contributed by atoms with E-state index in [9.17, 15) is 14.7 Å². The number of halogens is 1. The molecule has 0 fully saturated rings. The molecule has 0 aliphatic heterocycles. The fraction of sp³-hybridized carbons (Fsp3) is 0.263. The van der Waals surface area contributed by atoms with Crippen LogP contribution in [-0.2, 0) is 21.9 Å². The van der Waals surface area contributed by atoms with Crippen molar-refractivity contribution in [1.82, 2.24) is 5.32 Å². The molecule has 1 atom stereocenters. The number of amides is 1. The Morgan fingerprint density at radius 2 is 1.96 bits per heavy atom. The minimum atomic E-state index is -1.11. The first-order valence-corrected chi connectivity index (χ1v) is 9.52. The Kier molecular flexibility index (Phi) is 7.81. The number of alkyl carbamates (subject to hydrolysis) is 1. The molecule has 0 bridgehead atoms. The molecule has 0 aliphatic carbocycles. The third-order valence-electron chi connectivity index (χ3n) is 3.55. The third-order valence-corrected chi connectivity index (χ3v) is 4.99. The van der Waals surface area contributed by atoms with Crippen molar-refractivity contribution < 1.29 is 19.4 Å². The lowest BCUT2D eigenvalue weighted by molar-refractivity contribution is -0.138. The van der Waals surface area contributed by atoms with Crippen molar-refractivity contribution in [3.63, 3.8) is 0 Å². The lowest BCUT2D eigenvalue weighted by atomic mass is 10.2. The van der Waals surface area contributed by atoms with Gasteiger partial charge in [-0.1, -0.05) is 54.1 Å². The summed E-state index contributed by atoms with van der Waals surface area (Å²) in [7, 11) is 0. The predicted molar refractivity (Wildman–Crippen MR) is 104 cm³/mol. The van der Waals surface area contributed by atoms with Crippen LogP contribution in [0.3, 0.4) is 0 Å². The van der Waals surface area contributed by atoms with Crippen molar-refractivity contribution in [3.8, 4) is 0 Å². The Labute approximate surface area is 161 Å². The average molecular weight is 394 g/mol. The number of carboxylic acids is 1. The molecule has 0 heterocycles. The zero-order valence-corrected chi connectivity index (χ0v) is 15.8. The normalized spacial score (nSPS) is 11.6. The van der Waals surface area contributed by atoms with Crippen LogP contribution >= 0.6 is 23.4 Å². The van der Waals surface area contributed by atoms with Gasteiger partial charge in [-0.25, -0.2) is 9.59 Å². The first-order valence-electron chi connectivity index (χ1n) is 7.98. The molecule has 2 rings (SSSR count). The highest BCUT2D eigenvalue weighted by molar-refractivity contribution is 7.98. The molecule has 0 saturated heterocycles. The van der Waals surface area contributed by atoms with E-state index in [0.717, 1.165) is 16.7 Å². The number of carboxylic acid groups (broad SMARTS) is 1. The van der Waals surface area contributed by atoms with Gasteiger partial charge in [0.05, 0.1) is 0 Å². The van der Waals surface area contributed by atoms with Crippen LogP contribution in [0.15, 0.2) is 48.5 Å². The van der Waals surface area contributed by atoms with E-state index in [0.29, 0.717) is 10.8 Å². The zero-order chi connectivity index (χ0) is 18.9. The van der Waals surface area contributed by atoms with E-state index in [1.807, 2.05) is 55.5 Å². The van der Waals surface area contributed by atoms with Gasteiger partial charge in [0.25, 0.3) is 0 Å². The molecule has 5 nitrogen and oxygen atoms in total. The van der Waals surface area contributed by atoms with E-state index in [4.69, 9.17) is 16.3 Å². The van der Waals surface area contributed by atoms with Gasteiger partial charge in [-0.05, 0) is 29.7 Å². The number of ether oxygens (including phenoxy) is 1. The van der Waals surface area contributed by atoms with E-state index in [-0.39, 0.29) is 12.4 Å². The number of rotatable bonds is 8. The largest absolute Gasteiger partial charge is 0.480 e. The topological polar surface area (TPSA) is 75.6 Å². The van der Waals surface area contributed by atoms with Gasteiger partial charge >= 0.3 is 12.1 Å². The molecule has 0 aliphatic rings. The Balaban J connectivity index is 1.80. The van der Waals surface area contributed by atoms with Gasteiger partial charge in [0, 0.05) is 16.5 Å². The average Bonchev–Trinajstić information content (AvgIpc) is 2.61. The molecule has 0 aromatic heterocycles. The molecule has 26 heavy (non-hydrogen) atoms. The molecule has 2 aromatic carbocycles. The number of aryl methyl sites for hydroxylation is 1. The Bertz CT molecular complexity index is 754. The van der Waals surface area contributed by atoms with Gasteiger partial charge < -0.3 is 15.2 Å². The maximum absolute atomic E-state index is 11.8. The molecular weight excluding hydrogens is 374 g/mol. The van der Waals surface area contributed by atoms with E-state index in [2.05, 4.69) is 5.32 Å². The summed E-state index contributed by atoms with van der Waals surface area (Å²) in [5.41, 5.74) is 2.82. The molecule has 0 radical (unpaired) electrons. The summed E-state index contributed by atoms with van der Waals surface area (Å²) in [6, 6.07) is 13.9. The minimum Gasteiger partial charge on any atom is -0.480 e. The fourth-order valence-electron chi connectivity index (χ4n) is 2.14. The zero-order valence-electron chi connectivity index (χ0n) is 14.3. The van der Waals surface area contributed by atoms with Crippen molar-refractivity contribution >= 4 is 35.4 Å². The standard InChI is InChI=1S/C19H20ClNO4S/c1-13-7-8-15(16(20)9-13)11-26-12-17(18(22)23)21-19(24)25-10-14-5-3-2-4-6-14/h2-9,17H,10-12H2,1H3,(H,21,24)(H,22,23). The molecule has 0 saturated carbocycles. The summed E-state index contributed by atoms with van der Waals surface area (Å²) in [4.78, 5) is 23.2. The van der Waals surface area contributed by atoms with Gasteiger partial charge in [0.15, 0.2) is 0 Å². The molecule has 0 spiro atoms. The quantitative estimate of drug-likeness (QED) is 0.700. The monoisotopic (exact) mass is 393 g/mol. The minimum absolute atomic E-state index is 0.0884. The molecule has 1 unspecified atom stereocenters. The molecule has 138 valence electrons. The second-order valence-corrected chi connectivity index (χ2v) is 7.14. The van der Waals surface area contributed by atoms with Gasteiger partial charge in [-0.15, -0.1) is 0 Å². The van der Waals surface area contributed by atoms with Gasteiger partial charge in [0.1, 0.15) is 12.6 Å². The Morgan fingerprint density at radius 3 is 2.62 bits per heavy atom. The van der Waals surface area contributed by atoms with Crippen LogP contribution in [0.4, 0.5) is 4.79 Å². The van der Waals surface area contributed by atoms with E-state index in [1.165, 1.54) is 11.8 Å². The van der Waals surface area contributed by atoms with Crippen LogP contribution in [0.1, 0.15) is 16.7 Å². The van der Waals surface area contributed by atoms with Crippen LogP contribution in [0.25, 0.3) is 0 Å². The number of benzene rings is 2. The number of aliphatic carboxylic acids is 1. The number of thioether (sulfide) groups is 1. The smallest absolute Gasteiger partial charge is 0.408 e. The molecule has 2 N–H and O–H groups in total. The van der Waals surface area contributed by atoms with Crippen molar-refractivity contribution in [2.24, 2.45) is 0 Å². The Morgan fingerprint density at radius 1 is 1.23 bits per heavy atom. The number of carbonyl (C=O) groups excluding carboxylic acids is 1. The van der Waals surface area contributed by atoms with E-state index >= 15 is 0 Å². The van der Waals surface area contributed by atoms with Gasteiger partial charge in [0.2, 0.25) is 0 Å². The number of nitrogens with one attached hydrogen (secondary N) is 1. The molecular formula is C19H20ClNO4S. The second-order valence-electron chi connectivity index (χ2n) is 5.71. The SMILES string of the molecule is Cc1ccc(CSCC(NC(=O)OCc2ccccc2)C(=O)O)c(Cl)c1. The van der Waals surface area contributed by atoms with Crippen molar-refractivity contribution in [2.75, 3.05) is 5.75 Å². The Hall–Kier alpha value is -2.18. The second kappa shape index (κ2) is 10.1.